The fourth-order valence-corrected chi connectivity index (χ4v) is 3.31. The summed E-state index contributed by atoms with van der Waals surface area (Å²) in [5, 5.41) is 0. The van der Waals surface area contributed by atoms with Gasteiger partial charge in [0.1, 0.15) is 0 Å². The summed E-state index contributed by atoms with van der Waals surface area (Å²) in [5.74, 6) is -1.77. The van der Waals surface area contributed by atoms with Gasteiger partial charge in [-0.25, -0.2) is 13.8 Å². The Balaban J connectivity index is 1.58. The van der Waals surface area contributed by atoms with Gasteiger partial charge < -0.3 is 9.47 Å². The molecule has 0 radical (unpaired) electrons. The molecule has 7 heteroatoms. The molecule has 1 aliphatic heterocycles. The van der Waals surface area contributed by atoms with E-state index in [1.165, 1.54) is 6.07 Å². The van der Waals surface area contributed by atoms with Gasteiger partial charge in [-0.05, 0) is 37.0 Å². The number of rotatable bonds is 5. The van der Waals surface area contributed by atoms with E-state index in [0.29, 0.717) is 30.9 Å². The number of amides is 1. The van der Waals surface area contributed by atoms with Crippen LogP contribution >= 0.6 is 0 Å². The first-order chi connectivity index (χ1) is 12.5. The Hall–Kier alpha value is -2.57. The van der Waals surface area contributed by atoms with Crippen molar-refractivity contribution >= 4 is 11.7 Å². The first-order valence-electron chi connectivity index (χ1n) is 8.69. The lowest BCUT2D eigenvalue weighted by atomic mass is 9.93. The van der Waals surface area contributed by atoms with Crippen LogP contribution in [0.15, 0.2) is 30.6 Å². The number of piperidine rings is 1. The molecule has 138 valence electrons. The third-order valence-electron chi connectivity index (χ3n) is 4.80. The second kappa shape index (κ2) is 7.76. The first kappa shape index (κ1) is 18.2. The summed E-state index contributed by atoms with van der Waals surface area (Å²) in [5.41, 5.74) is 0.579. The highest BCUT2D eigenvalue weighted by molar-refractivity contribution is 5.95. The molecule has 1 amide bonds. The summed E-state index contributed by atoms with van der Waals surface area (Å²) >= 11 is 0. The molecule has 2 aromatic rings. The van der Waals surface area contributed by atoms with Crippen molar-refractivity contribution in [1.29, 1.82) is 0 Å². The van der Waals surface area contributed by atoms with Crippen LogP contribution in [-0.2, 0) is 18.3 Å². The minimum atomic E-state index is -0.909. The number of hydrogen-bond donors (Lipinski definition) is 0. The maximum Gasteiger partial charge on any atom is 0.222 e. The molecule has 0 N–H and O–H groups in total. The topological polar surface area (TPSA) is 55.2 Å². The van der Waals surface area contributed by atoms with Gasteiger partial charge in [-0.15, -0.1) is 0 Å². The molecular formula is C19H21F2N3O2. The molecular weight excluding hydrogens is 340 g/mol. The maximum absolute atomic E-state index is 13.2. The molecule has 0 spiro atoms. The average molecular weight is 361 g/mol. The zero-order valence-electron chi connectivity index (χ0n) is 14.6. The maximum atomic E-state index is 13.2. The molecule has 1 aromatic carbocycles. The number of carbonyl (C=O) groups is 2. The largest absolute Gasteiger partial charge is 0.342 e. The number of aromatic nitrogens is 2. The summed E-state index contributed by atoms with van der Waals surface area (Å²) in [6.45, 7) is 0.989. The van der Waals surface area contributed by atoms with Crippen molar-refractivity contribution in [3.05, 3.63) is 53.6 Å². The van der Waals surface area contributed by atoms with E-state index in [1.54, 1.807) is 28.9 Å². The molecule has 3 rings (SSSR count). The number of halogens is 2. The number of likely N-dealkylation sites (tertiary alicyclic amines) is 1. The summed E-state index contributed by atoms with van der Waals surface area (Å²) in [6, 6.07) is 3.67. The highest BCUT2D eigenvalue weighted by atomic mass is 19.2. The second-order valence-corrected chi connectivity index (χ2v) is 6.65. The Morgan fingerprint density at radius 3 is 2.77 bits per heavy atom. The van der Waals surface area contributed by atoms with Crippen molar-refractivity contribution in [2.45, 2.75) is 25.7 Å². The summed E-state index contributed by atoms with van der Waals surface area (Å²) in [4.78, 5) is 30.9. The van der Waals surface area contributed by atoms with Crippen LogP contribution in [0.2, 0.25) is 0 Å². The highest BCUT2D eigenvalue weighted by Gasteiger charge is 2.30. The quantitative estimate of drug-likeness (QED) is 0.770. The molecule has 5 nitrogen and oxygen atoms in total. The SMILES string of the molecule is Cn1ccnc1C(=O)C1CCCN(C(=O)CCc2ccc(F)c(F)c2)C1. The Kier molecular flexibility index (Phi) is 5.44. The molecule has 1 atom stereocenters. The van der Waals surface area contributed by atoms with Crippen LogP contribution in [0.3, 0.4) is 0 Å². The predicted octanol–water partition coefficient (Wildman–Crippen LogP) is 2.75. The van der Waals surface area contributed by atoms with Crippen LogP contribution in [0.4, 0.5) is 8.78 Å². The Morgan fingerprint density at radius 1 is 1.27 bits per heavy atom. The van der Waals surface area contributed by atoms with Crippen molar-refractivity contribution in [3.63, 3.8) is 0 Å². The fourth-order valence-electron chi connectivity index (χ4n) is 3.31. The molecule has 0 aliphatic carbocycles. The van der Waals surface area contributed by atoms with Crippen molar-refractivity contribution in [1.82, 2.24) is 14.5 Å². The molecule has 2 heterocycles. The fraction of sp³-hybridized carbons (Fsp3) is 0.421. The van der Waals surface area contributed by atoms with Gasteiger partial charge >= 0.3 is 0 Å². The number of imidazole rings is 1. The van der Waals surface area contributed by atoms with Gasteiger partial charge in [0.05, 0.1) is 0 Å². The van der Waals surface area contributed by atoms with E-state index < -0.39 is 11.6 Å². The molecule has 1 saturated heterocycles. The van der Waals surface area contributed by atoms with E-state index in [1.807, 2.05) is 0 Å². The number of aryl methyl sites for hydroxylation is 2. The molecule has 1 aromatic heterocycles. The lowest BCUT2D eigenvalue weighted by molar-refractivity contribution is -0.132. The van der Waals surface area contributed by atoms with Crippen LogP contribution in [0.1, 0.15) is 35.4 Å². The summed E-state index contributed by atoms with van der Waals surface area (Å²) in [6.07, 6.45) is 5.34. The number of carbonyl (C=O) groups excluding carboxylic acids is 2. The summed E-state index contributed by atoms with van der Waals surface area (Å²) < 4.78 is 27.9. The Bertz CT molecular complexity index is 819. The van der Waals surface area contributed by atoms with Gasteiger partial charge in [0, 0.05) is 44.9 Å². The monoisotopic (exact) mass is 361 g/mol. The van der Waals surface area contributed by atoms with E-state index in [-0.39, 0.29) is 24.0 Å². The van der Waals surface area contributed by atoms with Gasteiger partial charge in [0.15, 0.2) is 17.5 Å². The number of benzene rings is 1. The van der Waals surface area contributed by atoms with Crippen molar-refractivity contribution in [3.8, 4) is 0 Å². The molecule has 0 saturated carbocycles. The minimum Gasteiger partial charge on any atom is -0.342 e. The number of ketones is 1. The van der Waals surface area contributed by atoms with E-state index >= 15 is 0 Å². The van der Waals surface area contributed by atoms with Gasteiger partial charge in [0.25, 0.3) is 0 Å². The van der Waals surface area contributed by atoms with Gasteiger partial charge in [-0.2, -0.15) is 0 Å². The van der Waals surface area contributed by atoms with Gasteiger partial charge in [0.2, 0.25) is 11.7 Å². The molecule has 1 fully saturated rings. The van der Waals surface area contributed by atoms with Gasteiger partial charge in [-0.1, -0.05) is 6.07 Å². The van der Waals surface area contributed by atoms with Crippen molar-refractivity contribution in [2.24, 2.45) is 13.0 Å². The van der Waals surface area contributed by atoms with Crippen LogP contribution in [0.5, 0.6) is 0 Å². The molecule has 26 heavy (non-hydrogen) atoms. The zero-order valence-corrected chi connectivity index (χ0v) is 14.6. The van der Waals surface area contributed by atoms with Crippen LogP contribution < -0.4 is 0 Å². The standard InChI is InChI=1S/C19H21F2N3O2/c1-23-10-8-22-19(23)18(26)14-3-2-9-24(12-14)17(25)7-5-13-4-6-15(20)16(21)11-13/h4,6,8,10-11,14H,2-3,5,7,9,12H2,1H3. The lowest BCUT2D eigenvalue weighted by Crippen LogP contribution is -2.42. The molecule has 1 aliphatic rings. The third kappa shape index (κ3) is 3.98. The van der Waals surface area contributed by atoms with E-state index in [2.05, 4.69) is 4.98 Å². The number of nitrogens with zero attached hydrogens (tertiary/aromatic N) is 3. The number of hydrogen-bond acceptors (Lipinski definition) is 3. The predicted molar refractivity (Wildman–Crippen MR) is 91.5 cm³/mol. The zero-order chi connectivity index (χ0) is 18.7. The van der Waals surface area contributed by atoms with E-state index in [4.69, 9.17) is 0 Å². The lowest BCUT2D eigenvalue weighted by Gasteiger charge is -2.32. The number of Topliss-reactive ketones (excluding diaryl/α,β-unsaturated/α-hetero) is 1. The smallest absolute Gasteiger partial charge is 0.222 e. The first-order valence-corrected chi connectivity index (χ1v) is 8.69. The van der Waals surface area contributed by atoms with Crippen molar-refractivity contribution < 1.29 is 18.4 Å². The van der Waals surface area contributed by atoms with Crippen LogP contribution in [0.25, 0.3) is 0 Å². The van der Waals surface area contributed by atoms with Gasteiger partial charge in [-0.3, -0.25) is 9.59 Å². The Labute approximate surface area is 150 Å². The second-order valence-electron chi connectivity index (χ2n) is 6.65. The van der Waals surface area contributed by atoms with Crippen molar-refractivity contribution in [2.75, 3.05) is 13.1 Å². The summed E-state index contributed by atoms with van der Waals surface area (Å²) in [7, 11) is 1.77. The molecule has 1 unspecified atom stereocenters. The van der Waals surface area contributed by atoms with E-state index in [9.17, 15) is 18.4 Å². The average Bonchev–Trinajstić information content (AvgIpc) is 3.08. The minimum absolute atomic E-state index is 0.0457. The van der Waals surface area contributed by atoms with E-state index in [0.717, 1.165) is 25.0 Å². The normalized spacial score (nSPS) is 17.3. The Morgan fingerprint density at radius 2 is 2.08 bits per heavy atom. The third-order valence-corrected chi connectivity index (χ3v) is 4.80. The molecule has 0 bridgehead atoms. The highest BCUT2D eigenvalue weighted by Crippen LogP contribution is 2.21. The van der Waals surface area contributed by atoms with Crippen LogP contribution in [0, 0.1) is 17.6 Å². The van der Waals surface area contributed by atoms with Crippen LogP contribution in [-0.4, -0.2) is 39.2 Å².